The minimum absolute atomic E-state index is 0.0790. The molecule has 3 aromatic carbocycles. The van der Waals surface area contributed by atoms with Gasteiger partial charge >= 0.3 is 10.1 Å². The van der Waals surface area contributed by atoms with Crippen molar-refractivity contribution in [3.8, 4) is 5.75 Å². The second-order valence-electron chi connectivity index (χ2n) is 4.95. The Bertz CT molecular complexity index is 1100. The third kappa shape index (κ3) is 3.25. The number of hydrogen-bond acceptors (Lipinski definition) is 6. The highest BCUT2D eigenvalue weighted by molar-refractivity contribution is 7.87. The quantitative estimate of drug-likeness (QED) is 0.521. The van der Waals surface area contributed by atoms with E-state index < -0.39 is 25.1 Å². The second kappa shape index (κ2) is 5.90. The highest BCUT2D eigenvalue weighted by atomic mass is 32.2. The van der Waals surface area contributed by atoms with Gasteiger partial charge in [0.1, 0.15) is 20.8 Å². The van der Waals surface area contributed by atoms with Gasteiger partial charge in [-0.1, -0.05) is 42.5 Å². The maximum Gasteiger partial charge on any atom is 0.339 e. The third-order valence-electron chi connectivity index (χ3n) is 3.30. The summed E-state index contributed by atoms with van der Waals surface area (Å²) in [7, 11) is -8.94. The van der Waals surface area contributed by atoms with Crippen LogP contribution in [0.15, 0.2) is 76.5 Å². The van der Waals surface area contributed by atoms with E-state index in [0.717, 1.165) is 6.07 Å². The van der Waals surface area contributed by atoms with Gasteiger partial charge in [0.2, 0.25) is 0 Å². The molecule has 24 heavy (non-hydrogen) atoms. The zero-order valence-corrected chi connectivity index (χ0v) is 13.7. The van der Waals surface area contributed by atoms with Crippen molar-refractivity contribution >= 4 is 31.0 Å². The third-order valence-corrected chi connectivity index (χ3v) is 5.44. The molecule has 0 spiro atoms. The van der Waals surface area contributed by atoms with Gasteiger partial charge in [-0.15, -0.1) is 0 Å². The first-order valence-electron chi connectivity index (χ1n) is 6.76. The summed E-state index contributed by atoms with van der Waals surface area (Å²) in [5.41, 5.74) is 0. The molecule has 0 aromatic heterocycles. The van der Waals surface area contributed by atoms with Crippen LogP contribution in [-0.4, -0.2) is 21.4 Å². The Kier molecular flexibility index (Phi) is 4.04. The molecule has 0 saturated heterocycles. The molecule has 0 atom stereocenters. The van der Waals surface area contributed by atoms with Crippen LogP contribution in [0.5, 0.6) is 5.75 Å². The van der Waals surface area contributed by atoms with E-state index in [1.165, 1.54) is 36.4 Å². The smallest absolute Gasteiger partial charge is 0.339 e. The van der Waals surface area contributed by atoms with Crippen LogP contribution < -0.4 is 4.18 Å². The Morgan fingerprint density at radius 3 is 2.08 bits per heavy atom. The van der Waals surface area contributed by atoms with Gasteiger partial charge in [0.15, 0.2) is 0 Å². The maximum absolute atomic E-state index is 12.2. The summed E-state index contributed by atoms with van der Waals surface area (Å²) in [6.07, 6.45) is 0. The second-order valence-corrected chi connectivity index (χ2v) is 7.84. The van der Waals surface area contributed by atoms with Crippen molar-refractivity contribution in [2.24, 2.45) is 0 Å². The summed E-state index contributed by atoms with van der Waals surface area (Å²) in [5.74, 6) is -0.244. The fraction of sp³-hybridized carbons (Fsp3) is 0. The first-order valence-corrected chi connectivity index (χ1v) is 9.57. The lowest BCUT2D eigenvalue weighted by Gasteiger charge is -2.14. The van der Waals surface area contributed by atoms with E-state index in [2.05, 4.69) is 0 Å². The average molecular weight is 363 g/mol. The van der Waals surface area contributed by atoms with Crippen molar-refractivity contribution in [1.82, 2.24) is 0 Å². The fourth-order valence-corrected chi connectivity index (χ4v) is 3.92. The lowest BCUT2D eigenvalue weighted by atomic mass is 10.1. The summed E-state index contributed by atoms with van der Waals surface area (Å²) in [6, 6.07) is 15.9. The molecular formula is C16H11O6S2-. The minimum atomic E-state index is -4.80. The number of hydrogen-bond donors (Lipinski definition) is 0. The summed E-state index contributed by atoms with van der Waals surface area (Å²) in [4.78, 5) is -0.608. The van der Waals surface area contributed by atoms with E-state index in [1.807, 2.05) is 0 Å². The molecule has 0 radical (unpaired) electrons. The molecular weight excluding hydrogens is 352 g/mol. The van der Waals surface area contributed by atoms with E-state index in [1.54, 1.807) is 24.3 Å². The SMILES string of the molecule is O=S(=O)([O-])c1cc(OS(=O)(=O)c2ccccc2)cc2ccccc12. The van der Waals surface area contributed by atoms with Crippen LogP contribution in [0.2, 0.25) is 0 Å². The molecule has 0 aliphatic carbocycles. The number of rotatable bonds is 4. The molecule has 6 nitrogen and oxygen atoms in total. The van der Waals surface area contributed by atoms with E-state index in [9.17, 15) is 21.4 Å². The van der Waals surface area contributed by atoms with Crippen LogP contribution in [0, 0.1) is 0 Å². The van der Waals surface area contributed by atoms with E-state index in [4.69, 9.17) is 4.18 Å². The van der Waals surface area contributed by atoms with Gasteiger partial charge in [0.25, 0.3) is 0 Å². The molecule has 3 rings (SSSR count). The van der Waals surface area contributed by atoms with Gasteiger partial charge in [-0.2, -0.15) is 8.42 Å². The van der Waals surface area contributed by atoms with Crippen LogP contribution in [0.25, 0.3) is 10.8 Å². The van der Waals surface area contributed by atoms with E-state index >= 15 is 0 Å². The molecule has 0 unspecified atom stereocenters. The standard InChI is InChI=1S/C16H12O6S2/c17-23(18,19)16-11-13(10-12-6-4-5-9-15(12)16)22-24(20,21)14-7-2-1-3-8-14/h1-11H,(H,17,18,19)/p-1. The molecule has 0 heterocycles. The summed E-state index contributed by atoms with van der Waals surface area (Å²) in [5, 5.41) is 0.588. The van der Waals surface area contributed by atoms with Crippen molar-refractivity contribution in [1.29, 1.82) is 0 Å². The molecule has 0 aliphatic rings. The average Bonchev–Trinajstić information content (AvgIpc) is 2.54. The largest absolute Gasteiger partial charge is 0.744 e. The zero-order valence-electron chi connectivity index (χ0n) is 12.1. The highest BCUT2D eigenvalue weighted by Gasteiger charge is 2.18. The zero-order chi connectivity index (χ0) is 17.4. The predicted molar refractivity (Wildman–Crippen MR) is 86.2 cm³/mol. The van der Waals surface area contributed by atoms with Crippen LogP contribution in [0.1, 0.15) is 0 Å². The molecule has 124 valence electrons. The lowest BCUT2D eigenvalue weighted by Crippen LogP contribution is -2.10. The number of benzene rings is 3. The van der Waals surface area contributed by atoms with Crippen molar-refractivity contribution in [3.05, 3.63) is 66.7 Å². The lowest BCUT2D eigenvalue weighted by molar-refractivity contribution is 0.461. The predicted octanol–water partition coefficient (Wildman–Crippen LogP) is 2.51. The van der Waals surface area contributed by atoms with Crippen molar-refractivity contribution < 1.29 is 25.6 Å². The molecule has 3 aromatic rings. The summed E-state index contributed by atoms with van der Waals surface area (Å²) in [6.45, 7) is 0. The van der Waals surface area contributed by atoms with Gasteiger partial charge in [-0.3, -0.25) is 0 Å². The normalized spacial score (nSPS) is 12.2. The van der Waals surface area contributed by atoms with Gasteiger partial charge in [-0.05, 0) is 29.0 Å². The highest BCUT2D eigenvalue weighted by Crippen LogP contribution is 2.30. The minimum Gasteiger partial charge on any atom is -0.744 e. The van der Waals surface area contributed by atoms with Crippen LogP contribution in [0.4, 0.5) is 0 Å². The van der Waals surface area contributed by atoms with E-state index in [-0.39, 0.29) is 16.0 Å². The molecule has 0 fully saturated rings. The monoisotopic (exact) mass is 363 g/mol. The Morgan fingerprint density at radius 1 is 0.792 bits per heavy atom. The molecule has 0 saturated carbocycles. The summed E-state index contributed by atoms with van der Waals surface area (Å²) < 4.78 is 63.9. The molecule has 0 amide bonds. The van der Waals surface area contributed by atoms with Crippen LogP contribution >= 0.6 is 0 Å². The first kappa shape index (κ1) is 16.4. The van der Waals surface area contributed by atoms with Gasteiger partial charge in [0.05, 0.1) is 4.90 Å². The maximum atomic E-state index is 12.2. The Labute approximate surface area is 139 Å². The Morgan fingerprint density at radius 2 is 1.42 bits per heavy atom. The van der Waals surface area contributed by atoms with Gasteiger partial charge in [-0.25, -0.2) is 8.42 Å². The van der Waals surface area contributed by atoms with Crippen LogP contribution in [0.3, 0.4) is 0 Å². The molecule has 8 heteroatoms. The van der Waals surface area contributed by atoms with Crippen molar-refractivity contribution in [2.45, 2.75) is 9.79 Å². The summed E-state index contributed by atoms with van der Waals surface area (Å²) >= 11 is 0. The topological polar surface area (TPSA) is 101 Å². The van der Waals surface area contributed by atoms with Gasteiger partial charge in [0, 0.05) is 6.07 Å². The molecule has 0 N–H and O–H groups in total. The van der Waals surface area contributed by atoms with Crippen LogP contribution in [-0.2, 0) is 20.2 Å². The van der Waals surface area contributed by atoms with Gasteiger partial charge < -0.3 is 8.74 Å². The number of fused-ring (bicyclic) bond motifs is 1. The molecule has 0 bridgehead atoms. The molecule has 0 aliphatic heterocycles. The Hall–Kier alpha value is -2.42. The van der Waals surface area contributed by atoms with E-state index in [0.29, 0.717) is 5.39 Å². The van der Waals surface area contributed by atoms with Crippen molar-refractivity contribution in [3.63, 3.8) is 0 Å². The first-order chi connectivity index (χ1) is 11.3. The Balaban J connectivity index is 2.15. The fourth-order valence-electron chi connectivity index (χ4n) is 2.27. The van der Waals surface area contributed by atoms with Crippen molar-refractivity contribution in [2.75, 3.05) is 0 Å².